The summed E-state index contributed by atoms with van der Waals surface area (Å²) in [5.74, 6) is -1.71. The van der Waals surface area contributed by atoms with Gasteiger partial charge in [-0.15, -0.1) is 0 Å². The zero-order chi connectivity index (χ0) is 20.0. The van der Waals surface area contributed by atoms with E-state index < -0.39 is 28.9 Å². The third kappa shape index (κ3) is 5.92. The van der Waals surface area contributed by atoms with Crippen LogP contribution in [0.25, 0.3) is 0 Å². The van der Waals surface area contributed by atoms with Gasteiger partial charge in [0.1, 0.15) is 0 Å². The standard InChI is InChI=1S/C17H20ClN3O6/c1-10(15(22)20-17(24)19-11-5-3-2-4-6-11)27-16(23)13-8-7-12(21(25)26)9-14(13)18/h7-11H,2-6H2,1H3,(H2,19,20,22,24)/t10-/m0/s1. The van der Waals surface area contributed by atoms with Gasteiger partial charge >= 0.3 is 12.0 Å². The zero-order valence-electron chi connectivity index (χ0n) is 14.7. The van der Waals surface area contributed by atoms with E-state index in [0.29, 0.717) is 0 Å². The molecule has 0 aromatic heterocycles. The maximum absolute atomic E-state index is 12.1. The fourth-order valence-corrected chi connectivity index (χ4v) is 2.99. The van der Waals surface area contributed by atoms with Crippen molar-refractivity contribution in [2.24, 2.45) is 0 Å². The molecule has 2 N–H and O–H groups in total. The first-order valence-corrected chi connectivity index (χ1v) is 8.92. The summed E-state index contributed by atoms with van der Waals surface area (Å²) in [5.41, 5.74) is -0.393. The molecule has 0 unspecified atom stereocenters. The van der Waals surface area contributed by atoms with Crippen LogP contribution in [0.3, 0.4) is 0 Å². The van der Waals surface area contributed by atoms with Crippen LogP contribution in [0.5, 0.6) is 0 Å². The van der Waals surface area contributed by atoms with Crippen molar-refractivity contribution in [2.45, 2.75) is 51.2 Å². The van der Waals surface area contributed by atoms with E-state index in [0.717, 1.165) is 50.3 Å². The molecule has 1 saturated carbocycles. The second-order valence-electron chi connectivity index (χ2n) is 6.27. The lowest BCUT2D eigenvalue weighted by Gasteiger charge is -2.23. The number of nitrogens with one attached hydrogen (secondary N) is 2. The highest BCUT2D eigenvalue weighted by Gasteiger charge is 2.24. The van der Waals surface area contributed by atoms with Crippen LogP contribution >= 0.6 is 11.6 Å². The number of esters is 1. The van der Waals surface area contributed by atoms with E-state index in [1.165, 1.54) is 6.92 Å². The van der Waals surface area contributed by atoms with Gasteiger partial charge < -0.3 is 10.1 Å². The Balaban J connectivity index is 1.88. The molecule has 27 heavy (non-hydrogen) atoms. The minimum Gasteiger partial charge on any atom is -0.449 e. The van der Waals surface area contributed by atoms with Crippen LogP contribution in [0.1, 0.15) is 49.4 Å². The van der Waals surface area contributed by atoms with Crippen LogP contribution in [0.4, 0.5) is 10.5 Å². The molecule has 1 fully saturated rings. The van der Waals surface area contributed by atoms with Gasteiger partial charge in [-0.3, -0.25) is 20.2 Å². The fourth-order valence-electron chi connectivity index (χ4n) is 2.74. The normalized spacial score (nSPS) is 15.5. The number of carbonyl (C=O) groups is 3. The van der Waals surface area contributed by atoms with Crippen LogP contribution in [-0.2, 0) is 9.53 Å². The molecule has 2 rings (SSSR count). The van der Waals surface area contributed by atoms with E-state index in [-0.39, 0.29) is 22.3 Å². The van der Waals surface area contributed by atoms with Crippen molar-refractivity contribution in [2.75, 3.05) is 0 Å². The number of imide groups is 1. The molecule has 0 aliphatic heterocycles. The number of benzene rings is 1. The lowest BCUT2D eigenvalue weighted by molar-refractivity contribution is -0.384. The Labute approximate surface area is 160 Å². The summed E-state index contributed by atoms with van der Waals surface area (Å²) >= 11 is 5.85. The topological polar surface area (TPSA) is 128 Å². The highest BCUT2D eigenvalue weighted by atomic mass is 35.5. The lowest BCUT2D eigenvalue weighted by Crippen LogP contribution is -2.48. The van der Waals surface area contributed by atoms with Gasteiger partial charge in [-0.05, 0) is 25.8 Å². The van der Waals surface area contributed by atoms with Crippen molar-refractivity contribution in [1.82, 2.24) is 10.6 Å². The molecule has 1 aliphatic carbocycles. The molecule has 0 radical (unpaired) electrons. The second-order valence-corrected chi connectivity index (χ2v) is 6.67. The highest BCUT2D eigenvalue weighted by Crippen LogP contribution is 2.23. The molecule has 1 aromatic carbocycles. The number of carbonyl (C=O) groups excluding carboxylic acids is 3. The van der Waals surface area contributed by atoms with E-state index in [4.69, 9.17) is 16.3 Å². The van der Waals surface area contributed by atoms with Gasteiger partial charge in [-0.1, -0.05) is 30.9 Å². The van der Waals surface area contributed by atoms with E-state index >= 15 is 0 Å². The van der Waals surface area contributed by atoms with Crippen molar-refractivity contribution in [3.8, 4) is 0 Å². The molecule has 0 saturated heterocycles. The van der Waals surface area contributed by atoms with Gasteiger partial charge in [0.05, 0.1) is 15.5 Å². The summed E-state index contributed by atoms with van der Waals surface area (Å²) in [6, 6.07) is 2.65. The maximum atomic E-state index is 12.1. The number of nitrogens with zero attached hydrogens (tertiary/aromatic N) is 1. The first kappa shape index (κ1) is 20.6. The van der Waals surface area contributed by atoms with Crippen LogP contribution < -0.4 is 10.6 Å². The number of halogens is 1. The molecule has 0 heterocycles. The number of ether oxygens (including phenoxy) is 1. The summed E-state index contributed by atoms with van der Waals surface area (Å²) in [6.07, 6.45) is 3.68. The van der Waals surface area contributed by atoms with Crippen molar-refractivity contribution >= 4 is 35.2 Å². The van der Waals surface area contributed by atoms with Crippen LogP contribution in [-0.4, -0.2) is 35.0 Å². The summed E-state index contributed by atoms with van der Waals surface area (Å²) < 4.78 is 4.98. The molecule has 3 amide bonds. The molecule has 9 nitrogen and oxygen atoms in total. The molecule has 146 valence electrons. The molecule has 1 atom stereocenters. The number of nitro benzene ring substituents is 1. The molecule has 10 heteroatoms. The Morgan fingerprint density at radius 3 is 2.52 bits per heavy atom. The third-order valence-corrected chi connectivity index (χ3v) is 4.53. The van der Waals surface area contributed by atoms with Crippen LogP contribution in [0, 0.1) is 10.1 Å². The first-order chi connectivity index (χ1) is 12.8. The quantitative estimate of drug-likeness (QED) is 0.446. The number of hydrogen-bond acceptors (Lipinski definition) is 6. The van der Waals surface area contributed by atoms with E-state index in [1.807, 2.05) is 0 Å². The van der Waals surface area contributed by atoms with Crippen molar-refractivity contribution in [3.05, 3.63) is 38.9 Å². The van der Waals surface area contributed by atoms with E-state index in [1.54, 1.807) is 0 Å². The largest absolute Gasteiger partial charge is 0.449 e. The van der Waals surface area contributed by atoms with Gasteiger partial charge in [0.2, 0.25) is 0 Å². The molecular formula is C17H20ClN3O6. The predicted octanol–water partition coefficient (Wildman–Crippen LogP) is 2.95. The number of hydrogen-bond donors (Lipinski definition) is 2. The van der Waals surface area contributed by atoms with Crippen LogP contribution in [0.15, 0.2) is 18.2 Å². The second kappa shape index (κ2) is 9.31. The summed E-state index contributed by atoms with van der Waals surface area (Å²) in [5, 5.41) is 15.4. The van der Waals surface area contributed by atoms with Gasteiger partial charge in [0.15, 0.2) is 6.10 Å². The maximum Gasteiger partial charge on any atom is 0.340 e. The van der Waals surface area contributed by atoms with Crippen LogP contribution in [0.2, 0.25) is 5.02 Å². The molecule has 1 aromatic rings. The smallest absolute Gasteiger partial charge is 0.340 e. The van der Waals surface area contributed by atoms with Crippen molar-refractivity contribution < 1.29 is 24.0 Å². The van der Waals surface area contributed by atoms with Gasteiger partial charge in [0.25, 0.3) is 11.6 Å². The fraction of sp³-hybridized carbons (Fsp3) is 0.471. The highest BCUT2D eigenvalue weighted by molar-refractivity contribution is 6.33. The Bertz CT molecular complexity index is 748. The minimum absolute atomic E-state index is 0.0309. The average Bonchev–Trinajstić information content (AvgIpc) is 2.61. The number of urea groups is 1. The summed E-state index contributed by atoms with van der Waals surface area (Å²) in [4.78, 5) is 46.0. The Kier molecular flexibility index (Phi) is 7.12. The predicted molar refractivity (Wildman–Crippen MR) is 96.5 cm³/mol. The van der Waals surface area contributed by atoms with Gasteiger partial charge in [-0.25, -0.2) is 9.59 Å². The number of non-ortho nitro benzene ring substituents is 1. The Morgan fingerprint density at radius 1 is 1.26 bits per heavy atom. The van der Waals surface area contributed by atoms with E-state index in [2.05, 4.69) is 10.6 Å². The van der Waals surface area contributed by atoms with E-state index in [9.17, 15) is 24.5 Å². The summed E-state index contributed by atoms with van der Waals surface area (Å²) in [7, 11) is 0. The molecule has 1 aliphatic rings. The molecule has 0 bridgehead atoms. The molecule has 0 spiro atoms. The van der Waals surface area contributed by atoms with Gasteiger partial charge in [0, 0.05) is 18.2 Å². The number of amides is 3. The van der Waals surface area contributed by atoms with Gasteiger partial charge in [-0.2, -0.15) is 0 Å². The Morgan fingerprint density at radius 2 is 1.93 bits per heavy atom. The zero-order valence-corrected chi connectivity index (χ0v) is 15.5. The Hall–Kier alpha value is -2.68. The number of nitro groups is 1. The molecular weight excluding hydrogens is 378 g/mol. The average molecular weight is 398 g/mol. The lowest BCUT2D eigenvalue weighted by atomic mass is 9.96. The van der Waals surface area contributed by atoms with Crippen molar-refractivity contribution in [1.29, 1.82) is 0 Å². The number of rotatable bonds is 5. The van der Waals surface area contributed by atoms with Crippen molar-refractivity contribution in [3.63, 3.8) is 0 Å². The third-order valence-electron chi connectivity index (χ3n) is 4.21. The minimum atomic E-state index is -1.25. The summed E-state index contributed by atoms with van der Waals surface area (Å²) in [6.45, 7) is 1.31. The SMILES string of the molecule is C[C@H](OC(=O)c1ccc([N+](=O)[O-])cc1Cl)C(=O)NC(=O)NC1CCCCC1. The monoisotopic (exact) mass is 397 g/mol. The first-order valence-electron chi connectivity index (χ1n) is 8.54.